The molecule has 6 nitrogen and oxygen atoms in total. The second kappa shape index (κ2) is 6.69. The largest absolute Gasteiger partial charge is 0.491 e. The van der Waals surface area contributed by atoms with E-state index in [1.807, 2.05) is 39.0 Å². The van der Waals surface area contributed by atoms with Crippen LogP contribution in [0.3, 0.4) is 0 Å². The van der Waals surface area contributed by atoms with Crippen molar-refractivity contribution in [3.05, 3.63) is 30.0 Å². The number of aliphatic imine (C=N–C) groups is 1. The molecule has 0 saturated heterocycles. The standard InChI is InChI=1S/C19H25NO5/c1-19(2,3)14(21)10-25-13-7-6-11-15(17(13)23-5)20-18-12(8-9-24-18)16(11)22-4/h6-9,12,14,16,21H,10H2,1-5H3. The number of hydrogen-bond acceptors (Lipinski definition) is 6. The zero-order chi connectivity index (χ0) is 18.2. The van der Waals surface area contributed by atoms with Crippen molar-refractivity contribution >= 4 is 11.6 Å². The van der Waals surface area contributed by atoms with Crippen LogP contribution in [0.15, 0.2) is 29.5 Å². The summed E-state index contributed by atoms with van der Waals surface area (Å²) in [5.74, 6) is 1.61. The minimum atomic E-state index is -0.599. The molecule has 1 aromatic rings. The van der Waals surface area contributed by atoms with E-state index in [9.17, 15) is 5.11 Å². The molecule has 1 N–H and O–H groups in total. The first-order valence-corrected chi connectivity index (χ1v) is 8.33. The fraction of sp³-hybridized carbons (Fsp3) is 0.526. The van der Waals surface area contributed by atoms with Gasteiger partial charge in [0.25, 0.3) is 0 Å². The zero-order valence-electron chi connectivity index (χ0n) is 15.3. The number of fused-ring (bicyclic) bond motifs is 2. The highest BCUT2D eigenvalue weighted by Gasteiger charge is 2.37. The molecule has 3 rings (SSSR count). The van der Waals surface area contributed by atoms with Gasteiger partial charge in [-0.3, -0.25) is 0 Å². The van der Waals surface area contributed by atoms with Crippen LogP contribution < -0.4 is 9.47 Å². The zero-order valence-corrected chi connectivity index (χ0v) is 15.3. The second-order valence-corrected chi connectivity index (χ2v) is 7.31. The molecule has 0 aliphatic carbocycles. The van der Waals surface area contributed by atoms with Gasteiger partial charge in [0.1, 0.15) is 12.3 Å². The van der Waals surface area contributed by atoms with E-state index in [4.69, 9.17) is 18.9 Å². The summed E-state index contributed by atoms with van der Waals surface area (Å²) in [6.07, 6.45) is 2.78. The van der Waals surface area contributed by atoms with Crippen LogP contribution in [0.1, 0.15) is 32.4 Å². The molecule has 0 radical (unpaired) electrons. The number of hydrogen-bond donors (Lipinski definition) is 1. The Labute approximate surface area is 148 Å². The van der Waals surface area contributed by atoms with Crippen molar-refractivity contribution in [2.45, 2.75) is 33.0 Å². The summed E-state index contributed by atoms with van der Waals surface area (Å²) in [4.78, 5) is 4.60. The Morgan fingerprint density at radius 2 is 2.04 bits per heavy atom. The van der Waals surface area contributed by atoms with Crippen molar-refractivity contribution < 1.29 is 24.1 Å². The van der Waals surface area contributed by atoms with Crippen molar-refractivity contribution in [1.29, 1.82) is 0 Å². The number of aliphatic hydroxyl groups is 1. The number of benzene rings is 1. The SMILES string of the molecule is COc1c(OCC(O)C(C)(C)C)ccc2c1N=C1OC=CC1C2OC. The fourth-order valence-corrected chi connectivity index (χ4v) is 2.91. The lowest BCUT2D eigenvalue weighted by Crippen LogP contribution is -2.32. The Morgan fingerprint density at radius 1 is 1.28 bits per heavy atom. The normalized spacial score (nSPS) is 22.6. The minimum Gasteiger partial charge on any atom is -0.491 e. The highest BCUT2D eigenvalue weighted by atomic mass is 16.5. The molecular weight excluding hydrogens is 322 g/mol. The van der Waals surface area contributed by atoms with Gasteiger partial charge in [-0.25, -0.2) is 4.99 Å². The number of rotatable bonds is 5. The molecule has 0 amide bonds. The van der Waals surface area contributed by atoms with Crippen LogP contribution in [-0.2, 0) is 9.47 Å². The second-order valence-electron chi connectivity index (χ2n) is 7.31. The molecule has 0 fully saturated rings. The fourth-order valence-electron chi connectivity index (χ4n) is 2.91. The Balaban J connectivity index is 1.94. The maximum absolute atomic E-state index is 10.2. The lowest BCUT2D eigenvalue weighted by atomic mass is 9.90. The van der Waals surface area contributed by atoms with Crippen molar-refractivity contribution in [3.63, 3.8) is 0 Å². The van der Waals surface area contributed by atoms with E-state index in [0.29, 0.717) is 23.1 Å². The Morgan fingerprint density at radius 3 is 2.68 bits per heavy atom. The molecule has 25 heavy (non-hydrogen) atoms. The van der Waals surface area contributed by atoms with Crippen LogP contribution in [-0.4, -0.2) is 37.9 Å². The Hall–Kier alpha value is -2.05. The van der Waals surface area contributed by atoms with E-state index in [2.05, 4.69) is 4.99 Å². The molecule has 0 aromatic heterocycles. The third-order valence-electron chi connectivity index (χ3n) is 4.60. The van der Waals surface area contributed by atoms with Gasteiger partial charge in [0.15, 0.2) is 11.5 Å². The van der Waals surface area contributed by atoms with Gasteiger partial charge in [-0.05, 0) is 17.6 Å². The van der Waals surface area contributed by atoms with Crippen LogP contribution in [0, 0.1) is 11.3 Å². The summed E-state index contributed by atoms with van der Waals surface area (Å²) in [7, 11) is 3.24. The highest BCUT2D eigenvalue weighted by Crippen LogP contribution is 2.49. The summed E-state index contributed by atoms with van der Waals surface area (Å²) < 4.78 is 22.5. The first kappa shape index (κ1) is 17.8. The lowest BCUT2D eigenvalue weighted by molar-refractivity contribution is 0.0211. The van der Waals surface area contributed by atoms with E-state index in [1.54, 1.807) is 20.5 Å². The summed E-state index contributed by atoms with van der Waals surface area (Å²) >= 11 is 0. The van der Waals surface area contributed by atoms with Crippen molar-refractivity contribution in [1.82, 2.24) is 0 Å². The molecule has 2 heterocycles. The van der Waals surface area contributed by atoms with Crippen LogP contribution >= 0.6 is 0 Å². The van der Waals surface area contributed by atoms with E-state index in [0.717, 1.165) is 5.56 Å². The van der Waals surface area contributed by atoms with Crippen molar-refractivity contribution in [3.8, 4) is 11.5 Å². The summed E-state index contributed by atoms with van der Waals surface area (Å²) in [5.41, 5.74) is 1.30. The molecule has 2 aliphatic rings. The van der Waals surface area contributed by atoms with Gasteiger partial charge in [0.2, 0.25) is 5.90 Å². The maximum atomic E-state index is 10.2. The van der Waals surface area contributed by atoms with E-state index in [-0.39, 0.29) is 24.0 Å². The number of aliphatic hydroxyl groups excluding tert-OH is 1. The number of nitrogens with zero attached hydrogens (tertiary/aromatic N) is 1. The molecule has 3 unspecified atom stereocenters. The van der Waals surface area contributed by atoms with Gasteiger partial charge >= 0.3 is 0 Å². The van der Waals surface area contributed by atoms with Crippen LogP contribution in [0.5, 0.6) is 11.5 Å². The molecule has 1 aromatic carbocycles. The van der Waals surface area contributed by atoms with Crippen LogP contribution in [0.4, 0.5) is 5.69 Å². The first-order valence-electron chi connectivity index (χ1n) is 8.33. The van der Waals surface area contributed by atoms with Gasteiger partial charge in [0, 0.05) is 12.7 Å². The van der Waals surface area contributed by atoms with E-state index in [1.165, 1.54) is 0 Å². The number of methoxy groups -OCH3 is 2. The molecular formula is C19H25NO5. The average Bonchev–Trinajstić information content (AvgIpc) is 3.04. The third kappa shape index (κ3) is 3.24. The predicted octanol–water partition coefficient (Wildman–Crippen LogP) is 3.37. The summed E-state index contributed by atoms with van der Waals surface area (Å²) in [5, 5.41) is 10.2. The van der Waals surface area contributed by atoms with Gasteiger partial charge in [-0.15, -0.1) is 0 Å². The van der Waals surface area contributed by atoms with Crippen molar-refractivity contribution in [2.75, 3.05) is 20.8 Å². The van der Waals surface area contributed by atoms with Crippen LogP contribution in [0.25, 0.3) is 0 Å². The lowest BCUT2D eigenvalue weighted by Gasteiger charge is -2.29. The van der Waals surface area contributed by atoms with Crippen LogP contribution in [0.2, 0.25) is 0 Å². The molecule has 2 aliphatic heterocycles. The van der Waals surface area contributed by atoms with E-state index >= 15 is 0 Å². The molecule has 0 saturated carbocycles. The van der Waals surface area contributed by atoms with Crippen molar-refractivity contribution in [2.24, 2.45) is 16.3 Å². The molecule has 6 heteroatoms. The maximum Gasteiger partial charge on any atom is 0.204 e. The Kier molecular flexibility index (Phi) is 4.75. The third-order valence-corrected chi connectivity index (χ3v) is 4.60. The minimum absolute atomic E-state index is 0.0308. The van der Waals surface area contributed by atoms with Gasteiger partial charge in [0.05, 0.1) is 31.5 Å². The molecule has 3 atom stereocenters. The molecule has 0 spiro atoms. The predicted molar refractivity (Wildman–Crippen MR) is 94.5 cm³/mol. The quantitative estimate of drug-likeness (QED) is 0.884. The Bertz CT molecular complexity index is 705. The highest BCUT2D eigenvalue weighted by molar-refractivity contribution is 5.90. The summed E-state index contributed by atoms with van der Waals surface area (Å²) in [6.45, 7) is 6.06. The topological polar surface area (TPSA) is 69.5 Å². The smallest absolute Gasteiger partial charge is 0.204 e. The van der Waals surface area contributed by atoms with Gasteiger partial charge in [-0.2, -0.15) is 0 Å². The van der Waals surface area contributed by atoms with E-state index < -0.39 is 6.10 Å². The van der Waals surface area contributed by atoms with Gasteiger partial charge < -0.3 is 24.1 Å². The first-order chi connectivity index (χ1) is 11.9. The molecule has 136 valence electrons. The molecule has 0 bridgehead atoms. The number of ether oxygens (including phenoxy) is 4. The summed E-state index contributed by atoms with van der Waals surface area (Å²) in [6, 6.07) is 3.76. The van der Waals surface area contributed by atoms with Gasteiger partial charge in [-0.1, -0.05) is 26.8 Å². The average molecular weight is 347 g/mol. The monoisotopic (exact) mass is 347 g/mol.